The molecule has 0 amide bonds. The number of piperidine rings is 1. The first-order chi connectivity index (χ1) is 10.0. The normalized spacial score (nSPS) is 29.0. The van der Waals surface area contributed by atoms with Crippen molar-refractivity contribution in [1.29, 1.82) is 5.41 Å². The summed E-state index contributed by atoms with van der Waals surface area (Å²) in [6.45, 7) is 1.51. The first-order valence-electron chi connectivity index (χ1n) is 7.47. The first kappa shape index (κ1) is 14.6. The molecule has 21 heavy (non-hydrogen) atoms. The van der Waals surface area contributed by atoms with Crippen molar-refractivity contribution in [3.05, 3.63) is 22.8 Å². The maximum absolute atomic E-state index is 10.7. The van der Waals surface area contributed by atoms with Gasteiger partial charge in [-0.1, -0.05) is 24.4 Å². The number of aromatic nitrogens is 1. The number of nitrogens with zero attached hydrogens (tertiary/aromatic N) is 2. The number of halogens is 1. The zero-order valence-electron chi connectivity index (χ0n) is 12.0. The highest BCUT2D eigenvalue weighted by molar-refractivity contribution is 6.36. The molecule has 5 nitrogen and oxygen atoms in total. The van der Waals surface area contributed by atoms with Gasteiger partial charge in [-0.3, -0.25) is 5.41 Å². The number of pyridine rings is 1. The van der Waals surface area contributed by atoms with Crippen LogP contribution in [-0.2, 0) is 0 Å². The second-order valence-electron chi connectivity index (χ2n) is 6.15. The lowest BCUT2D eigenvalue weighted by molar-refractivity contribution is -0.0613. The summed E-state index contributed by atoms with van der Waals surface area (Å²) in [5.74, 6) is 0.908. The van der Waals surface area contributed by atoms with E-state index < -0.39 is 5.60 Å². The Labute approximate surface area is 129 Å². The molecule has 2 aliphatic rings. The molecule has 0 radical (unpaired) electrons. The van der Waals surface area contributed by atoms with Crippen LogP contribution < -0.4 is 10.6 Å². The fourth-order valence-electron chi connectivity index (χ4n) is 3.62. The van der Waals surface area contributed by atoms with E-state index in [1.54, 1.807) is 12.3 Å². The lowest BCUT2D eigenvalue weighted by Crippen LogP contribution is -2.53. The average Bonchev–Trinajstić information content (AvgIpc) is 2.46. The van der Waals surface area contributed by atoms with Crippen molar-refractivity contribution in [3.63, 3.8) is 0 Å². The van der Waals surface area contributed by atoms with Gasteiger partial charge in [-0.05, 0) is 25.3 Å². The summed E-state index contributed by atoms with van der Waals surface area (Å²) in [7, 11) is 0. The maximum Gasteiger partial charge on any atom is 0.148 e. The van der Waals surface area contributed by atoms with Crippen LogP contribution in [0.4, 0.5) is 5.82 Å². The van der Waals surface area contributed by atoms with Crippen molar-refractivity contribution in [2.75, 3.05) is 18.0 Å². The molecule has 1 aliphatic carbocycles. The van der Waals surface area contributed by atoms with Crippen LogP contribution in [0.25, 0.3) is 0 Å². The van der Waals surface area contributed by atoms with Crippen molar-refractivity contribution < 1.29 is 5.11 Å². The van der Waals surface area contributed by atoms with Gasteiger partial charge in [0.05, 0.1) is 10.6 Å². The van der Waals surface area contributed by atoms with Gasteiger partial charge in [-0.25, -0.2) is 4.98 Å². The second kappa shape index (κ2) is 5.46. The Morgan fingerprint density at radius 3 is 3.05 bits per heavy atom. The Hall–Kier alpha value is -1.33. The molecular formula is C15H21ClN4O. The molecule has 1 aromatic rings. The van der Waals surface area contributed by atoms with Crippen LogP contribution >= 0.6 is 11.6 Å². The minimum atomic E-state index is -0.514. The molecule has 3 rings (SSSR count). The number of anilines is 1. The van der Waals surface area contributed by atoms with E-state index >= 15 is 0 Å². The highest BCUT2D eigenvalue weighted by Crippen LogP contribution is 2.41. The minimum Gasteiger partial charge on any atom is -0.389 e. The average molecular weight is 309 g/mol. The lowest BCUT2D eigenvalue weighted by Gasteiger charge is -2.47. The van der Waals surface area contributed by atoms with E-state index in [1.165, 1.54) is 6.42 Å². The van der Waals surface area contributed by atoms with Crippen LogP contribution in [0.15, 0.2) is 12.3 Å². The van der Waals surface area contributed by atoms with Crippen molar-refractivity contribution >= 4 is 23.3 Å². The van der Waals surface area contributed by atoms with Gasteiger partial charge in [0, 0.05) is 30.8 Å². The molecule has 2 heterocycles. The number of nitrogens with two attached hydrogens (primary N) is 1. The maximum atomic E-state index is 10.7. The third kappa shape index (κ3) is 2.60. The number of nitrogens with one attached hydrogen (secondary N) is 1. The largest absolute Gasteiger partial charge is 0.389 e. The number of rotatable bonds is 2. The summed E-state index contributed by atoms with van der Waals surface area (Å²) >= 11 is 6.36. The Kier molecular flexibility index (Phi) is 3.80. The third-order valence-corrected chi connectivity index (χ3v) is 5.26. The Morgan fingerprint density at radius 1 is 1.48 bits per heavy atom. The highest BCUT2D eigenvalue weighted by Gasteiger charge is 2.43. The van der Waals surface area contributed by atoms with E-state index in [-0.39, 0.29) is 11.8 Å². The Morgan fingerprint density at radius 2 is 2.29 bits per heavy atom. The number of nitrogen functional groups attached to an aromatic ring is 1. The van der Waals surface area contributed by atoms with Crippen molar-refractivity contribution in [3.8, 4) is 0 Å². The molecule has 1 saturated carbocycles. The quantitative estimate of drug-likeness (QED) is 0.577. The second-order valence-corrected chi connectivity index (χ2v) is 6.53. The SMILES string of the molecule is N=C(N)c1ccnc(N2CCC3(O)CCCCC3C2)c1Cl. The van der Waals surface area contributed by atoms with E-state index in [0.29, 0.717) is 16.4 Å². The van der Waals surface area contributed by atoms with Crippen molar-refractivity contribution in [2.45, 2.75) is 37.7 Å². The first-order valence-corrected chi connectivity index (χ1v) is 7.85. The molecule has 2 unspecified atom stereocenters. The van der Waals surface area contributed by atoms with E-state index in [1.807, 2.05) is 0 Å². The number of hydrogen-bond donors (Lipinski definition) is 3. The molecular weight excluding hydrogens is 288 g/mol. The molecule has 1 aromatic heterocycles. The van der Waals surface area contributed by atoms with Gasteiger partial charge in [0.15, 0.2) is 0 Å². The van der Waals surface area contributed by atoms with Gasteiger partial charge >= 0.3 is 0 Å². The zero-order chi connectivity index (χ0) is 15.0. The van der Waals surface area contributed by atoms with Crippen molar-refractivity contribution in [2.24, 2.45) is 11.7 Å². The molecule has 1 aliphatic heterocycles. The molecule has 0 bridgehead atoms. The molecule has 0 aromatic carbocycles. The number of aliphatic hydroxyl groups is 1. The summed E-state index contributed by atoms with van der Waals surface area (Å²) in [5.41, 5.74) is 5.56. The topological polar surface area (TPSA) is 86.2 Å². The van der Waals surface area contributed by atoms with Crippen LogP contribution in [0.5, 0.6) is 0 Å². The van der Waals surface area contributed by atoms with E-state index in [2.05, 4.69) is 9.88 Å². The summed E-state index contributed by atoms with van der Waals surface area (Å²) in [6.07, 6.45) is 6.64. The number of fused-ring (bicyclic) bond motifs is 1. The number of hydrogen-bond acceptors (Lipinski definition) is 4. The Balaban J connectivity index is 1.86. The molecule has 1 saturated heterocycles. The van der Waals surface area contributed by atoms with Crippen LogP contribution in [0.1, 0.15) is 37.7 Å². The Bertz CT molecular complexity index is 565. The summed E-state index contributed by atoms with van der Waals surface area (Å²) < 4.78 is 0. The minimum absolute atomic E-state index is 0.0465. The molecule has 114 valence electrons. The van der Waals surface area contributed by atoms with Crippen LogP contribution in [0.2, 0.25) is 5.02 Å². The predicted octanol–water partition coefficient (Wildman–Crippen LogP) is 2.15. The van der Waals surface area contributed by atoms with Crippen LogP contribution in [-0.4, -0.2) is 34.6 Å². The van der Waals surface area contributed by atoms with Crippen molar-refractivity contribution in [1.82, 2.24) is 4.98 Å². The fourth-order valence-corrected chi connectivity index (χ4v) is 3.96. The third-order valence-electron chi connectivity index (χ3n) is 4.89. The van der Waals surface area contributed by atoms with Gasteiger partial charge in [-0.2, -0.15) is 0 Å². The summed E-state index contributed by atoms with van der Waals surface area (Å²) in [4.78, 5) is 6.49. The monoisotopic (exact) mass is 308 g/mol. The zero-order valence-corrected chi connectivity index (χ0v) is 12.7. The predicted molar refractivity (Wildman–Crippen MR) is 84.0 cm³/mol. The highest BCUT2D eigenvalue weighted by atomic mass is 35.5. The van der Waals surface area contributed by atoms with E-state index in [4.69, 9.17) is 22.7 Å². The smallest absolute Gasteiger partial charge is 0.148 e. The van der Waals surface area contributed by atoms with Gasteiger partial charge < -0.3 is 15.7 Å². The van der Waals surface area contributed by atoms with Gasteiger partial charge in [0.1, 0.15) is 11.7 Å². The summed E-state index contributed by atoms with van der Waals surface area (Å²) in [5, 5.41) is 18.7. The molecule has 2 atom stereocenters. The number of amidine groups is 1. The molecule has 2 fully saturated rings. The fraction of sp³-hybridized carbons (Fsp3) is 0.600. The summed E-state index contributed by atoms with van der Waals surface area (Å²) in [6, 6.07) is 1.66. The van der Waals surface area contributed by atoms with Gasteiger partial charge in [0.2, 0.25) is 0 Å². The van der Waals surface area contributed by atoms with E-state index in [9.17, 15) is 5.11 Å². The molecule has 6 heteroatoms. The van der Waals surface area contributed by atoms with Crippen LogP contribution in [0, 0.1) is 11.3 Å². The van der Waals surface area contributed by atoms with Crippen LogP contribution in [0.3, 0.4) is 0 Å². The van der Waals surface area contributed by atoms with Gasteiger partial charge in [0.25, 0.3) is 0 Å². The van der Waals surface area contributed by atoms with Gasteiger partial charge in [-0.15, -0.1) is 0 Å². The standard InChI is InChI=1S/C15H21ClN4O/c16-12-11(13(17)18)4-7-19-14(12)20-8-6-15(21)5-2-1-3-10(15)9-20/h4,7,10,21H,1-3,5-6,8-9H2,(H3,17,18). The van der Waals surface area contributed by atoms with E-state index in [0.717, 1.165) is 38.8 Å². The lowest BCUT2D eigenvalue weighted by atomic mass is 9.71. The molecule has 0 spiro atoms. The molecule has 4 N–H and O–H groups in total.